The number of aliphatic hydroxyl groups is 1. The minimum Gasteiger partial charge on any atom is -0.403 e. The van der Waals surface area contributed by atoms with Crippen molar-refractivity contribution >= 4 is 17.4 Å². The highest BCUT2D eigenvalue weighted by molar-refractivity contribution is 5.78. The molecule has 0 saturated carbocycles. The van der Waals surface area contributed by atoms with Crippen molar-refractivity contribution in [2.45, 2.75) is 13.3 Å². The van der Waals surface area contributed by atoms with E-state index in [2.05, 4.69) is 20.8 Å². The van der Waals surface area contributed by atoms with Crippen molar-refractivity contribution in [2.24, 2.45) is 0 Å². The molecule has 0 spiro atoms. The van der Waals surface area contributed by atoms with E-state index in [-0.39, 0.29) is 35.5 Å². The molecule has 0 atom stereocenters. The molecule has 0 aliphatic rings. The number of hydrogen-bond donors (Lipinski definition) is 3. The van der Waals surface area contributed by atoms with Gasteiger partial charge in [-0.25, -0.2) is 13.2 Å². The largest absolute Gasteiger partial charge is 0.403 e. The Morgan fingerprint density at radius 1 is 1.07 bits per heavy atom. The molecule has 3 N–H and O–H groups in total. The number of aryl methyl sites for hydroxylation is 1. The predicted molar refractivity (Wildman–Crippen MR) is 94.3 cm³/mol. The second-order valence-corrected chi connectivity index (χ2v) is 5.81. The van der Waals surface area contributed by atoms with Gasteiger partial charge in [-0.15, -0.1) is 5.10 Å². The summed E-state index contributed by atoms with van der Waals surface area (Å²) in [7, 11) is 0. The highest BCUT2D eigenvalue weighted by Crippen LogP contribution is 2.34. The number of aliphatic hydroxyl groups excluding tert-OH is 1. The minimum atomic E-state index is -1.19. The number of nitrogens with one attached hydrogen (secondary N) is 2. The van der Waals surface area contributed by atoms with Crippen LogP contribution in [0.5, 0.6) is 0 Å². The zero-order chi connectivity index (χ0) is 19.4. The van der Waals surface area contributed by atoms with Crippen LogP contribution in [0.1, 0.15) is 12.0 Å². The van der Waals surface area contributed by atoms with Crippen molar-refractivity contribution in [3.63, 3.8) is 0 Å². The van der Waals surface area contributed by atoms with Crippen LogP contribution in [-0.4, -0.2) is 28.5 Å². The third kappa shape index (κ3) is 4.20. The maximum atomic E-state index is 14.4. The van der Waals surface area contributed by atoms with Gasteiger partial charge in [-0.05, 0) is 43.2 Å². The van der Waals surface area contributed by atoms with Gasteiger partial charge < -0.3 is 20.2 Å². The summed E-state index contributed by atoms with van der Waals surface area (Å²) in [5, 5.41) is 21.7. The van der Waals surface area contributed by atoms with E-state index < -0.39 is 17.5 Å². The Balaban J connectivity index is 1.95. The summed E-state index contributed by atoms with van der Waals surface area (Å²) in [5.41, 5.74) is 0.431. The van der Waals surface area contributed by atoms with E-state index in [1.165, 1.54) is 18.2 Å². The summed E-state index contributed by atoms with van der Waals surface area (Å²) in [4.78, 5) is 0. The van der Waals surface area contributed by atoms with E-state index in [0.717, 1.165) is 6.07 Å². The summed E-state index contributed by atoms with van der Waals surface area (Å²) < 4.78 is 47.7. The molecule has 0 fully saturated rings. The molecule has 0 aliphatic carbocycles. The van der Waals surface area contributed by atoms with Crippen LogP contribution in [0, 0.1) is 24.4 Å². The average Bonchev–Trinajstić information content (AvgIpc) is 3.10. The maximum absolute atomic E-state index is 14.4. The first-order chi connectivity index (χ1) is 13.0. The molecular formula is C18H17F3N4O2. The second kappa shape index (κ2) is 8.09. The van der Waals surface area contributed by atoms with Crippen LogP contribution in [0.3, 0.4) is 0 Å². The zero-order valence-electron chi connectivity index (χ0n) is 14.4. The highest BCUT2D eigenvalue weighted by Gasteiger charge is 2.20. The Kier molecular flexibility index (Phi) is 5.60. The molecule has 0 amide bonds. The normalized spacial score (nSPS) is 10.9. The smallest absolute Gasteiger partial charge is 0.315 e. The molecule has 6 nitrogen and oxygen atoms in total. The van der Waals surface area contributed by atoms with Gasteiger partial charge >= 0.3 is 6.01 Å². The zero-order valence-corrected chi connectivity index (χ0v) is 14.4. The van der Waals surface area contributed by atoms with E-state index in [9.17, 15) is 13.2 Å². The van der Waals surface area contributed by atoms with Crippen LogP contribution in [0.15, 0.2) is 34.7 Å². The van der Waals surface area contributed by atoms with Gasteiger partial charge in [-0.1, -0.05) is 11.2 Å². The monoisotopic (exact) mass is 378 g/mol. The van der Waals surface area contributed by atoms with Crippen molar-refractivity contribution < 1.29 is 22.7 Å². The summed E-state index contributed by atoms with van der Waals surface area (Å²) >= 11 is 0. The molecule has 1 heterocycles. The molecule has 142 valence electrons. The average molecular weight is 378 g/mol. The molecular weight excluding hydrogens is 361 g/mol. The van der Waals surface area contributed by atoms with Gasteiger partial charge in [0.1, 0.15) is 5.82 Å². The molecule has 0 aliphatic heterocycles. The topological polar surface area (TPSA) is 83.2 Å². The van der Waals surface area contributed by atoms with Crippen molar-refractivity contribution in [1.82, 2.24) is 10.2 Å². The van der Waals surface area contributed by atoms with Crippen LogP contribution >= 0.6 is 0 Å². The fraction of sp³-hybridized carbons (Fsp3) is 0.222. The first-order valence-electron chi connectivity index (χ1n) is 8.19. The molecule has 0 bridgehead atoms. The van der Waals surface area contributed by atoms with Crippen molar-refractivity contribution in [3.05, 3.63) is 53.3 Å². The fourth-order valence-electron chi connectivity index (χ4n) is 2.39. The van der Waals surface area contributed by atoms with Crippen molar-refractivity contribution in [2.75, 3.05) is 23.8 Å². The molecule has 2 aromatic carbocycles. The Morgan fingerprint density at radius 2 is 1.89 bits per heavy atom. The van der Waals surface area contributed by atoms with Crippen molar-refractivity contribution in [1.29, 1.82) is 0 Å². The lowest BCUT2D eigenvalue weighted by atomic mass is 10.1. The third-order valence-electron chi connectivity index (χ3n) is 3.75. The quantitative estimate of drug-likeness (QED) is 0.539. The Labute approximate surface area is 153 Å². The van der Waals surface area contributed by atoms with Crippen molar-refractivity contribution in [3.8, 4) is 11.5 Å². The van der Waals surface area contributed by atoms with Crippen LogP contribution in [-0.2, 0) is 0 Å². The van der Waals surface area contributed by atoms with E-state index in [0.29, 0.717) is 18.5 Å². The number of rotatable bonds is 7. The summed E-state index contributed by atoms with van der Waals surface area (Å²) in [5.74, 6) is -2.98. The lowest BCUT2D eigenvalue weighted by Gasteiger charge is -2.12. The van der Waals surface area contributed by atoms with E-state index in [1.807, 2.05) is 0 Å². The van der Waals surface area contributed by atoms with Crippen LogP contribution in [0.25, 0.3) is 11.5 Å². The molecule has 27 heavy (non-hydrogen) atoms. The summed E-state index contributed by atoms with van der Waals surface area (Å²) in [6.45, 7) is 2.10. The molecule has 3 aromatic rings. The number of aromatic nitrogens is 2. The van der Waals surface area contributed by atoms with Crippen LogP contribution in [0.2, 0.25) is 0 Å². The lowest BCUT2D eigenvalue weighted by Crippen LogP contribution is -2.03. The number of hydrogen-bond acceptors (Lipinski definition) is 6. The SMILES string of the molecule is Cc1ccc(Nc2c(-c3nnc(NCCCO)o3)ccc(F)c2F)c(F)c1. The molecule has 0 radical (unpaired) electrons. The second-order valence-electron chi connectivity index (χ2n) is 5.81. The van der Waals surface area contributed by atoms with Gasteiger partial charge in [0.2, 0.25) is 0 Å². The minimum absolute atomic E-state index is 0.00660. The van der Waals surface area contributed by atoms with Gasteiger partial charge in [-0.2, -0.15) is 0 Å². The molecule has 3 rings (SSSR count). The number of halogens is 3. The maximum Gasteiger partial charge on any atom is 0.315 e. The number of nitrogens with zero attached hydrogens (tertiary/aromatic N) is 2. The number of benzene rings is 2. The van der Waals surface area contributed by atoms with Gasteiger partial charge in [0, 0.05) is 13.2 Å². The first kappa shape index (κ1) is 18.7. The first-order valence-corrected chi connectivity index (χ1v) is 8.19. The third-order valence-corrected chi connectivity index (χ3v) is 3.75. The van der Waals surface area contributed by atoms with Gasteiger partial charge in [-0.3, -0.25) is 0 Å². The Morgan fingerprint density at radius 3 is 2.63 bits per heavy atom. The Hall–Kier alpha value is -3.07. The number of anilines is 3. The molecule has 9 heteroatoms. The molecule has 1 aromatic heterocycles. The van der Waals surface area contributed by atoms with Crippen LogP contribution < -0.4 is 10.6 Å². The summed E-state index contributed by atoms with van der Waals surface area (Å²) in [6, 6.07) is 6.58. The molecule has 0 saturated heterocycles. The molecule has 0 unspecified atom stereocenters. The standard InChI is InChI=1S/C18H17F3N4O2/c1-10-3-6-14(13(20)9-10)23-16-11(4-5-12(19)15(16)21)17-24-25-18(27-17)22-7-2-8-26/h3-6,9,23,26H,2,7-8H2,1H3,(H,22,25). The van der Waals surface area contributed by atoms with Crippen LogP contribution in [0.4, 0.5) is 30.6 Å². The van der Waals surface area contributed by atoms with Gasteiger partial charge in [0.15, 0.2) is 11.6 Å². The van der Waals surface area contributed by atoms with E-state index in [1.54, 1.807) is 13.0 Å². The Bertz CT molecular complexity index is 946. The van der Waals surface area contributed by atoms with Gasteiger partial charge in [0.25, 0.3) is 5.89 Å². The highest BCUT2D eigenvalue weighted by atomic mass is 19.2. The predicted octanol–water partition coefficient (Wildman–Crippen LogP) is 4.00. The lowest BCUT2D eigenvalue weighted by molar-refractivity contribution is 0.292. The summed E-state index contributed by atoms with van der Waals surface area (Å²) in [6.07, 6.45) is 0.475. The van der Waals surface area contributed by atoms with Gasteiger partial charge in [0.05, 0.1) is 16.9 Å². The fourth-order valence-corrected chi connectivity index (χ4v) is 2.39. The van der Waals surface area contributed by atoms with E-state index >= 15 is 0 Å². The van der Waals surface area contributed by atoms with E-state index in [4.69, 9.17) is 9.52 Å².